The number of pyridine rings is 1. The molecule has 1 saturated heterocycles. The maximum absolute atomic E-state index is 12.2. The number of carbonyl (C=O) groups excluding carboxylic acids is 1. The second-order valence-corrected chi connectivity index (χ2v) is 7.53. The van der Waals surface area contributed by atoms with Crippen molar-refractivity contribution in [3.63, 3.8) is 0 Å². The average molecular weight is 452 g/mol. The third-order valence-corrected chi connectivity index (χ3v) is 5.49. The molecule has 1 aliphatic heterocycles. The molecule has 0 amide bonds. The molecule has 2 N–H and O–H groups in total. The summed E-state index contributed by atoms with van der Waals surface area (Å²) in [4.78, 5) is 29.5. The summed E-state index contributed by atoms with van der Waals surface area (Å²) in [5, 5.41) is 12.8. The average Bonchev–Trinajstić information content (AvgIpc) is 3.40. The monoisotopic (exact) mass is 451 g/mol. The van der Waals surface area contributed by atoms with Crippen LogP contribution in [0.1, 0.15) is 40.8 Å². The highest BCUT2D eigenvalue weighted by atomic mass is 32.1. The van der Waals surface area contributed by atoms with Gasteiger partial charge >= 0.3 is 11.9 Å². The van der Waals surface area contributed by atoms with Gasteiger partial charge in [0.05, 0.1) is 23.9 Å². The Balaban J connectivity index is 1.68. The van der Waals surface area contributed by atoms with Gasteiger partial charge in [-0.25, -0.2) is 4.79 Å². The van der Waals surface area contributed by atoms with E-state index in [-0.39, 0.29) is 30.7 Å². The van der Waals surface area contributed by atoms with Crippen molar-refractivity contribution in [2.75, 3.05) is 13.2 Å². The Morgan fingerprint density at radius 2 is 1.97 bits per heavy atom. The van der Waals surface area contributed by atoms with Crippen LogP contribution in [0.5, 0.6) is 0 Å². The summed E-state index contributed by atoms with van der Waals surface area (Å²) in [5.41, 5.74) is 1.69. The second-order valence-electron chi connectivity index (χ2n) is 7.14. The summed E-state index contributed by atoms with van der Waals surface area (Å²) < 4.78 is 11.3. The summed E-state index contributed by atoms with van der Waals surface area (Å²) in [6.07, 6.45) is 1.70. The van der Waals surface area contributed by atoms with Gasteiger partial charge in [0.1, 0.15) is 24.1 Å². The van der Waals surface area contributed by atoms with E-state index in [2.05, 4.69) is 10.3 Å². The van der Waals surface area contributed by atoms with Gasteiger partial charge in [-0.15, -0.1) is 0 Å². The zero-order valence-corrected chi connectivity index (χ0v) is 18.0. The van der Waals surface area contributed by atoms with Crippen molar-refractivity contribution in [3.05, 3.63) is 77.8 Å². The van der Waals surface area contributed by atoms with Crippen LogP contribution in [0.2, 0.25) is 0 Å². The van der Waals surface area contributed by atoms with Crippen molar-refractivity contribution in [1.29, 1.82) is 0 Å². The quantitative estimate of drug-likeness (QED) is 0.412. The first-order chi connectivity index (χ1) is 15.5. The van der Waals surface area contributed by atoms with E-state index >= 15 is 0 Å². The highest BCUT2D eigenvalue weighted by Gasteiger charge is 2.42. The standard InChI is InChI=1S/C23H21N3O5S/c1-2-30-19(27)13-26-21(20(25-23(26)32)16-5-3-4-12-24-16)18-11-10-17(31-18)14-6-8-15(9-7-14)22(28)29/h3-12,20-21H,2,13H2,1H3,(H,25,32)(H,28,29)/t20-,21-/m0/s1. The zero-order chi connectivity index (χ0) is 22.7. The summed E-state index contributed by atoms with van der Waals surface area (Å²) in [5.74, 6) is -0.213. The molecular formula is C23H21N3O5S. The van der Waals surface area contributed by atoms with Crippen LogP contribution in [0.25, 0.3) is 11.3 Å². The fraction of sp³-hybridized carbons (Fsp3) is 0.217. The lowest BCUT2D eigenvalue weighted by Crippen LogP contribution is -2.35. The Morgan fingerprint density at radius 1 is 1.19 bits per heavy atom. The highest BCUT2D eigenvalue weighted by molar-refractivity contribution is 7.80. The third kappa shape index (κ3) is 4.33. The number of aromatic carboxylic acids is 1. The van der Waals surface area contributed by atoms with Crippen LogP contribution >= 0.6 is 12.2 Å². The molecule has 4 rings (SSSR count). The van der Waals surface area contributed by atoms with Crippen LogP contribution in [-0.2, 0) is 9.53 Å². The molecule has 3 heterocycles. The normalized spacial score (nSPS) is 17.8. The third-order valence-electron chi connectivity index (χ3n) is 5.14. The molecule has 0 unspecified atom stereocenters. The Labute approximate surface area is 189 Å². The van der Waals surface area contributed by atoms with E-state index in [0.29, 0.717) is 16.6 Å². The van der Waals surface area contributed by atoms with E-state index in [4.69, 9.17) is 26.5 Å². The number of carboxylic acids is 1. The number of furan rings is 1. The largest absolute Gasteiger partial charge is 0.478 e. The van der Waals surface area contributed by atoms with Crippen LogP contribution in [0.3, 0.4) is 0 Å². The molecule has 0 radical (unpaired) electrons. The molecule has 0 aliphatic carbocycles. The number of hydrogen-bond acceptors (Lipinski definition) is 6. The van der Waals surface area contributed by atoms with Crippen LogP contribution in [0.15, 0.2) is 65.2 Å². The second kappa shape index (κ2) is 9.19. The minimum absolute atomic E-state index is 0.0307. The molecule has 8 nitrogen and oxygen atoms in total. The topological polar surface area (TPSA) is 105 Å². The molecule has 9 heteroatoms. The molecular weight excluding hydrogens is 430 g/mol. The molecule has 2 atom stereocenters. The van der Waals surface area contributed by atoms with E-state index in [1.165, 1.54) is 12.1 Å². The fourth-order valence-corrected chi connectivity index (χ4v) is 3.98. The molecule has 0 spiro atoms. The molecule has 32 heavy (non-hydrogen) atoms. The van der Waals surface area contributed by atoms with Gasteiger partial charge in [-0.05, 0) is 55.5 Å². The zero-order valence-electron chi connectivity index (χ0n) is 17.2. The first kappa shape index (κ1) is 21.5. The summed E-state index contributed by atoms with van der Waals surface area (Å²) in [7, 11) is 0. The van der Waals surface area contributed by atoms with Gasteiger partial charge in [-0.2, -0.15) is 0 Å². The van der Waals surface area contributed by atoms with E-state index in [1.807, 2.05) is 30.3 Å². The number of esters is 1. The summed E-state index contributed by atoms with van der Waals surface area (Å²) in [6, 6.07) is 14.9. The van der Waals surface area contributed by atoms with Crippen molar-refractivity contribution >= 4 is 29.3 Å². The Bertz CT molecular complexity index is 1130. The van der Waals surface area contributed by atoms with Gasteiger partial charge in [0.2, 0.25) is 0 Å². The summed E-state index contributed by atoms with van der Waals surface area (Å²) in [6.45, 7) is 2.00. The first-order valence-corrected chi connectivity index (χ1v) is 10.5. The number of benzene rings is 1. The van der Waals surface area contributed by atoms with Gasteiger partial charge in [0.15, 0.2) is 5.11 Å². The Morgan fingerprint density at radius 3 is 2.62 bits per heavy atom. The SMILES string of the molecule is CCOC(=O)CN1C(=S)N[C@@H](c2ccccn2)[C@@H]1c1ccc(-c2ccc(C(=O)O)cc2)o1. The molecule has 0 saturated carbocycles. The molecule has 3 aromatic rings. The predicted octanol–water partition coefficient (Wildman–Crippen LogP) is 3.58. The molecule has 1 aromatic carbocycles. The minimum Gasteiger partial charge on any atom is -0.478 e. The van der Waals surface area contributed by atoms with Crippen LogP contribution in [-0.4, -0.2) is 45.2 Å². The van der Waals surface area contributed by atoms with Crippen molar-refractivity contribution in [1.82, 2.24) is 15.2 Å². The van der Waals surface area contributed by atoms with Gasteiger partial charge in [-0.1, -0.05) is 18.2 Å². The predicted molar refractivity (Wildman–Crippen MR) is 120 cm³/mol. The lowest BCUT2D eigenvalue weighted by molar-refractivity contribution is -0.143. The van der Waals surface area contributed by atoms with E-state index < -0.39 is 12.0 Å². The van der Waals surface area contributed by atoms with Crippen molar-refractivity contribution in [3.8, 4) is 11.3 Å². The Kier molecular flexibility index (Phi) is 6.18. The number of hydrogen-bond donors (Lipinski definition) is 2. The molecule has 1 aliphatic rings. The number of thiocarbonyl (C=S) groups is 1. The van der Waals surface area contributed by atoms with Crippen LogP contribution < -0.4 is 5.32 Å². The van der Waals surface area contributed by atoms with E-state index in [1.54, 1.807) is 30.2 Å². The van der Waals surface area contributed by atoms with Crippen molar-refractivity contribution < 1.29 is 23.8 Å². The minimum atomic E-state index is -0.991. The fourth-order valence-electron chi connectivity index (χ4n) is 3.67. The first-order valence-electron chi connectivity index (χ1n) is 10.0. The lowest BCUT2D eigenvalue weighted by Gasteiger charge is -2.25. The molecule has 2 aromatic heterocycles. The lowest BCUT2D eigenvalue weighted by atomic mass is 10.0. The molecule has 164 valence electrons. The van der Waals surface area contributed by atoms with E-state index in [0.717, 1.165) is 11.3 Å². The molecule has 1 fully saturated rings. The number of aromatic nitrogens is 1. The number of nitrogens with one attached hydrogen (secondary N) is 1. The smallest absolute Gasteiger partial charge is 0.335 e. The maximum Gasteiger partial charge on any atom is 0.335 e. The van der Waals surface area contributed by atoms with Gasteiger partial charge in [0, 0.05) is 11.8 Å². The number of carboxylic acid groups (broad SMARTS) is 1. The maximum atomic E-state index is 12.2. The summed E-state index contributed by atoms with van der Waals surface area (Å²) >= 11 is 5.52. The van der Waals surface area contributed by atoms with Crippen molar-refractivity contribution in [2.45, 2.75) is 19.0 Å². The molecule has 0 bridgehead atoms. The van der Waals surface area contributed by atoms with Crippen LogP contribution in [0, 0.1) is 0 Å². The van der Waals surface area contributed by atoms with E-state index in [9.17, 15) is 9.59 Å². The number of rotatable bonds is 7. The van der Waals surface area contributed by atoms with Crippen LogP contribution in [0.4, 0.5) is 0 Å². The Hall–Kier alpha value is -3.72. The highest BCUT2D eigenvalue weighted by Crippen LogP contribution is 2.40. The van der Waals surface area contributed by atoms with Gasteiger partial charge < -0.3 is 24.5 Å². The number of nitrogens with zero attached hydrogens (tertiary/aromatic N) is 2. The number of ether oxygens (including phenoxy) is 1. The van der Waals surface area contributed by atoms with Crippen molar-refractivity contribution in [2.24, 2.45) is 0 Å². The number of carbonyl (C=O) groups is 2. The van der Waals surface area contributed by atoms with Gasteiger partial charge in [0.25, 0.3) is 0 Å². The van der Waals surface area contributed by atoms with Gasteiger partial charge in [-0.3, -0.25) is 9.78 Å².